The zero-order valence-corrected chi connectivity index (χ0v) is 16.1. The van der Waals surface area contributed by atoms with Gasteiger partial charge in [0.2, 0.25) is 5.91 Å². The lowest BCUT2D eigenvalue weighted by Crippen LogP contribution is -2.21. The van der Waals surface area contributed by atoms with Crippen molar-refractivity contribution in [3.05, 3.63) is 52.0 Å². The van der Waals surface area contributed by atoms with Gasteiger partial charge in [0.25, 0.3) is 5.91 Å². The first-order valence-corrected chi connectivity index (χ1v) is 8.81. The monoisotopic (exact) mass is 424 g/mol. The van der Waals surface area contributed by atoms with Gasteiger partial charge in [0.15, 0.2) is 6.61 Å². The van der Waals surface area contributed by atoms with E-state index in [1.807, 2.05) is 13.8 Å². The summed E-state index contributed by atoms with van der Waals surface area (Å²) < 4.78 is 6.25. The number of benzene rings is 2. The standard InChI is InChI=1S/C18H18BrClN2O3/c1-11(2)18(24)22-14-5-3-4-13(9-14)21-17(23)10-25-16-7-6-12(19)8-15(16)20/h3-9,11H,10H2,1-2H3,(H,21,23)(H,22,24). The molecule has 0 aliphatic heterocycles. The number of hydrogen-bond acceptors (Lipinski definition) is 3. The number of carbonyl (C=O) groups is 2. The topological polar surface area (TPSA) is 67.4 Å². The second kappa shape index (κ2) is 8.87. The number of ether oxygens (including phenoxy) is 1. The van der Waals surface area contributed by atoms with Crippen LogP contribution in [-0.4, -0.2) is 18.4 Å². The molecule has 0 heterocycles. The van der Waals surface area contributed by atoms with Crippen LogP contribution in [0.4, 0.5) is 11.4 Å². The van der Waals surface area contributed by atoms with Crippen molar-refractivity contribution in [1.82, 2.24) is 0 Å². The summed E-state index contributed by atoms with van der Waals surface area (Å²) >= 11 is 9.34. The molecule has 25 heavy (non-hydrogen) atoms. The summed E-state index contributed by atoms with van der Waals surface area (Å²) in [5.74, 6) is -0.108. The van der Waals surface area contributed by atoms with E-state index in [2.05, 4.69) is 26.6 Å². The molecule has 0 bridgehead atoms. The fourth-order valence-electron chi connectivity index (χ4n) is 1.89. The van der Waals surface area contributed by atoms with Gasteiger partial charge in [-0.25, -0.2) is 0 Å². The van der Waals surface area contributed by atoms with Crippen LogP contribution in [0.3, 0.4) is 0 Å². The number of carbonyl (C=O) groups excluding carboxylic acids is 2. The fourth-order valence-corrected chi connectivity index (χ4v) is 2.62. The van der Waals surface area contributed by atoms with Gasteiger partial charge in [-0.05, 0) is 36.4 Å². The van der Waals surface area contributed by atoms with Crippen molar-refractivity contribution >= 4 is 50.7 Å². The molecule has 2 aromatic rings. The third-order valence-corrected chi connectivity index (χ3v) is 3.98. The van der Waals surface area contributed by atoms with E-state index in [-0.39, 0.29) is 24.3 Å². The van der Waals surface area contributed by atoms with Crippen molar-refractivity contribution in [1.29, 1.82) is 0 Å². The number of rotatable bonds is 6. The van der Waals surface area contributed by atoms with Crippen LogP contribution in [0.1, 0.15) is 13.8 Å². The molecule has 0 unspecified atom stereocenters. The van der Waals surface area contributed by atoms with E-state index >= 15 is 0 Å². The van der Waals surface area contributed by atoms with Gasteiger partial charge in [-0.15, -0.1) is 0 Å². The Bertz CT molecular complexity index is 781. The molecule has 2 N–H and O–H groups in total. The molecule has 0 aliphatic carbocycles. The van der Waals surface area contributed by atoms with Gasteiger partial charge in [-0.3, -0.25) is 9.59 Å². The number of hydrogen-bond donors (Lipinski definition) is 2. The SMILES string of the molecule is CC(C)C(=O)Nc1cccc(NC(=O)COc2ccc(Br)cc2Cl)c1. The molecule has 0 saturated heterocycles. The summed E-state index contributed by atoms with van der Waals surface area (Å²) in [6, 6.07) is 12.1. The molecule has 0 saturated carbocycles. The van der Waals surface area contributed by atoms with Crippen LogP contribution in [-0.2, 0) is 9.59 Å². The van der Waals surface area contributed by atoms with Crippen molar-refractivity contribution in [3.63, 3.8) is 0 Å². The quantitative estimate of drug-likeness (QED) is 0.704. The zero-order valence-electron chi connectivity index (χ0n) is 13.8. The van der Waals surface area contributed by atoms with Crippen LogP contribution in [0.25, 0.3) is 0 Å². The minimum atomic E-state index is -0.327. The number of amides is 2. The Morgan fingerprint density at radius 2 is 1.80 bits per heavy atom. The Morgan fingerprint density at radius 1 is 1.12 bits per heavy atom. The van der Waals surface area contributed by atoms with Crippen molar-refractivity contribution in [2.45, 2.75) is 13.8 Å². The summed E-state index contributed by atoms with van der Waals surface area (Å²) in [4.78, 5) is 23.8. The fraction of sp³-hybridized carbons (Fsp3) is 0.222. The summed E-state index contributed by atoms with van der Waals surface area (Å²) in [7, 11) is 0. The van der Waals surface area contributed by atoms with E-state index < -0.39 is 0 Å². The second-order valence-corrected chi connectivity index (χ2v) is 6.96. The predicted molar refractivity (Wildman–Crippen MR) is 103 cm³/mol. The minimum Gasteiger partial charge on any atom is -0.482 e. The lowest BCUT2D eigenvalue weighted by atomic mass is 10.2. The number of anilines is 2. The first-order valence-electron chi connectivity index (χ1n) is 7.64. The highest BCUT2D eigenvalue weighted by atomic mass is 79.9. The highest BCUT2D eigenvalue weighted by Gasteiger charge is 2.09. The van der Waals surface area contributed by atoms with Crippen LogP contribution in [0.15, 0.2) is 46.9 Å². The van der Waals surface area contributed by atoms with Crippen molar-refractivity contribution < 1.29 is 14.3 Å². The van der Waals surface area contributed by atoms with Gasteiger partial charge in [-0.2, -0.15) is 0 Å². The minimum absolute atomic E-state index is 0.0864. The van der Waals surface area contributed by atoms with E-state index in [1.165, 1.54) is 0 Å². The molecule has 0 radical (unpaired) electrons. The Morgan fingerprint density at radius 3 is 2.44 bits per heavy atom. The highest BCUT2D eigenvalue weighted by molar-refractivity contribution is 9.10. The largest absolute Gasteiger partial charge is 0.482 e. The molecule has 7 heteroatoms. The van der Waals surface area contributed by atoms with Gasteiger partial charge in [0, 0.05) is 21.8 Å². The van der Waals surface area contributed by atoms with Crippen LogP contribution < -0.4 is 15.4 Å². The average Bonchev–Trinajstić information content (AvgIpc) is 2.54. The molecule has 5 nitrogen and oxygen atoms in total. The molecular weight excluding hydrogens is 408 g/mol. The maximum Gasteiger partial charge on any atom is 0.262 e. The van der Waals surface area contributed by atoms with Gasteiger partial charge in [0.1, 0.15) is 5.75 Å². The Hall–Kier alpha value is -2.05. The van der Waals surface area contributed by atoms with E-state index in [0.29, 0.717) is 22.1 Å². The summed E-state index contributed by atoms with van der Waals surface area (Å²) in [5.41, 5.74) is 1.19. The van der Waals surface area contributed by atoms with E-state index in [4.69, 9.17) is 16.3 Å². The normalized spacial score (nSPS) is 10.4. The van der Waals surface area contributed by atoms with E-state index in [0.717, 1.165) is 4.47 Å². The van der Waals surface area contributed by atoms with Gasteiger partial charge >= 0.3 is 0 Å². The molecule has 2 rings (SSSR count). The summed E-state index contributed by atoms with van der Waals surface area (Å²) in [6.07, 6.45) is 0. The molecule has 0 aromatic heterocycles. The Balaban J connectivity index is 1.93. The number of nitrogens with one attached hydrogen (secondary N) is 2. The van der Waals surface area contributed by atoms with Gasteiger partial charge < -0.3 is 15.4 Å². The van der Waals surface area contributed by atoms with E-state index in [1.54, 1.807) is 42.5 Å². The number of halogens is 2. The molecular formula is C18H18BrClN2O3. The zero-order chi connectivity index (χ0) is 18.4. The molecule has 0 atom stereocenters. The Labute approximate surface area is 159 Å². The first-order chi connectivity index (χ1) is 11.8. The summed E-state index contributed by atoms with van der Waals surface area (Å²) in [6.45, 7) is 3.45. The smallest absolute Gasteiger partial charge is 0.262 e. The maximum absolute atomic E-state index is 12.0. The molecule has 0 aliphatic rings. The predicted octanol–water partition coefficient (Wildman–Crippen LogP) is 4.71. The van der Waals surface area contributed by atoms with Crippen molar-refractivity contribution in [2.24, 2.45) is 5.92 Å². The molecule has 2 amide bonds. The third-order valence-electron chi connectivity index (χ3n) is 3.19. The molecule has 0 fully saturated rings. The lowest BCUT2D eigenvalue weighted by Gasteiger charge is -2.11. The Kier molecular flexibility index (Phi) is 6.84. The van der Waals surface area contributed by atoms with Crippen LogP contribution in [0.5, 0.6) is 5.75 Å². The van der Waals surface area contributed by atoms with Gasteiger partial charge in [0.05, 0.1) is 5.02 Å². The third kappa shape index (κ3) is 6.07. The molecule has 0 spiro atoms. The molecule has 2 aromatic carbocycles. The lowest BCUT2D eigenvalue weighted by molar-refractivity contribution is -0.119. The van der Waals surface area contributed by atoms with Crippen LogP contribution >= 0.6 is 27.5 Å². The summed E-state index contributed by atoms with van der Waals surface area (Å²) in [5, 5.41) is 5.92. The van der Waals surface area contributed by atoms with Crippen LogP contribution in [0, 0.1) is 5.92 Å². The average molecular weight is 426 g/mol. The molecule has 132 valence electrons. The maximum atomic E-state index is 12.0. The second-order valence-electron chi connectivity index (χ2n) is 5.64. The van der Waals surface area contributed by atoms with E-state index in [9.17, 15) is 9.59 Å². The van der Waals surface area contributed by atoms with Crippen molar-refractivity contribution in [3.8, 4) is 5.75 Å². The first kappa shape index (κ1) is 19.3. The van der Waals surface area contributed by atoms with Crippen LogP contribution in [0.2, 0.25) is 5.02 Å². The highest BCUT2D eigenvalue weighted by Crippen LogP contribution is 2.27. The van der Waals surface area contributed by atoms with Gasteiger partial charge in [-0.1, -0.05) is 47.4 Å². The van der Waals surface area contributed by atoms with Crippen molar-refractivity contribution in [2.75, 3.05) is 17.2 Å².